The van der Waals surface area contributed by atoms with Gasteiger partial charge in [0.15, 0.2) is 5.82 Å². The van der Waals surface area contributed by atoms with Crippen LogP contribution in [0.5, 0.6) is 5.88 Å². The van der Waals surface area contributed by atoms with E-state index in [1.54, 1.807) is 6.92 Å². The van der Waals surface area contributed by atoms with Gasteiger partial charge in [0.25, 0.3) is 0 Å². The van der Waals surface area contributed by atoms with Crippen LogP contribution in [-0.2, 0) is 17.8 Å². The van der Waals surface area contributed by atoms with Gasteiger partial charge in [-0.1, -0.05) is 11.6 Å². The second-order valence-electron chi connectivity index (χ2n) is 5.01. The molecule has 2 aromatic rings. The SMILES string of the molecule is CCOc1nc2c3c([nH]c2c(F)c1Cl)CCN(C(=O)CO)C3. The summed E-state index contributed by atoms with van der Waals surface area (Å²) in [7, 11) is 0. The topological polar surface area (TPSA) is 78.5 Å². The molecule has 0 spiro atoms. The number of pyridine rings is 1. The number of rotatable bonds is 3. The summed E-state index contributed by atoms with van der Waals surface area (Å²) in [6.07, 6.45) is 0.540. The van der Waals surface area contributed by atoms with E-state index in [0.717, 1.165) is 11.3 Å². The number of fused-ring (bicyclic) bond motifs is 3. The minimum atomic E-state index is -0.607. The number of aliphatic hydroxyl groups is 1. The summed E-state index contributed by atoms with van der Waals surface area (Å²) in [5.41, 5.74) is 2.19. The highest BCUT2D eigenvalue weighted by Gasteiger charge is 2.27. The van der Waals surface area contributed by atoms with Crippen LogP contribution in [0.2, 0.25) is 5.02 Å². The van der Waals surface area contributed by atoms with Crippen molar-refractivity contribution in [2.75, 3.05) is 19.8 Å². The summed E-state index contributed by atoms with van der Waals surface area (Å²) >= 11 is 5.94. The first kappa shape index (κ1) is 15.1. The quantitative estimate of drug-likeness (QED) is 0.898. The zero-order valence-corrected chi connectivity index (χ0v) is 12.7. The van der Waals surface area contributed by atoms with Gasteiger partial charge in [-0.2, -0.15) is 0 Å². The zero-order valence-electron chi connectivity index (χ0n) is 11.9. The Morgan fingerprint density at radius 3 is 3.05 bits per heavy atom. The van der Waals surface area contributed by atoms with Crippen LogP contribution in [0.15, 0.2) is 0 Å². The number of carbonyl (C=O) groups is 1. The number of aromatic nitrogens is 2. The number of hydrogen-bond donors (Lipinski definition) is 2. The van der Waals surface area contributed by atoms with Crippen LogP contribution in [0.1, 0.15) is 18.2 Å². The standard InChI is InChI=1S/C14H15ClFN3O3/c1-2-22-14-10(15)11(16)13-12(18-14)7-5-19(9(21)6-20)4-3-8(7)17-13/h17,20H,2-6H2,1H3. The van der Waals surface area contributed by atoms with E-state index in [2.05, 4.69) is 9.97 Å². The third-order valence-corrected chi connectivity index (χ3v) is 4.05. The molecule has 8 heteroatoms. The molecule has 3 rings (SSSR count). The lowest BCUT2D eigenvalue weighted by Crippen LogP contribution is -2.37. The van der Waals surface area contributed by atoms with E-state index in [1.165, 1.54) is 4.90 Å². The fraction of sp³-hybridized carbons (Fsp3) is 0.429. The summed E-state index contributed by atoms with van der Waals surface area (Å²) in [6, 6.07) is 0. The Morgan fingerprint density at radius 2 is 2.36 bits per heavy atom. The highest BCUT2D eigenvalue weighted by Crippen LogP contribution is 2.35. The van der Waals surface area contributed by atoms with E-state index in [9.17, 15) is 9.18 Å². The molecule has 1 aliphatic rings. The first-order chi connectivity index (χ1) is 10.6. The van der Waals surface area contributed by atoms with Gasteiger partial charge in [0.1, 0.15) is 22.7 Å². The number of ether oxygens (including phenoxy) is 1. The van der Waals surface area contributed by atoms with Crippen molar-refractivity contribution >= 4 is 28.5 Å². The molecule has 0 bridgehead atoms. The lowest BCUT2D eigenvalue weighted by Gasteiger charge is -2.26. The van der Waals surface area contributed by atoms with Crippen molar-refractivity contribution in [3.8, 4) is 5.88 Å². The van der Waals surface area contributed by atoms with Crippen LogP contribution in [0.25, 0.3) is 11.0 Å². The van der Waals surface area contributed by atoms with E-state index in [0.29, 0.717) is 25.1 Å². The van der Waals surface area contributed by atoms with E-state index in [-0.39, 0.29) is 28.9 Å². The molecule has 0 aromatic carbocycles. The summed E-state index contributed by atoms with van der Waals surface area (Å²) in [5, 5.41) is 8.83. The van der Waals surface area contributed by atoms with Crippen LogP contribution in [-0.4, -0.2) is 45.6 Å². The van der Waals surface area contributed by atoms with Crippen molar-refractivity contribution in [3.05, 3.63) is 22.1 Å². The molecule has 3 heterocycles. The van der Waals surface area contributed by atoms with E-state index in [4.69, 9.17) is 21.4 Å². The molecule has 1 amide bonds. The second-order valence-corrected chi connectivity index (χ2v) is 5.39. The fourth-order valence-corrected chi connectivity index (χ4v) is 2.85. The Labute approximate surface area is 130 Å². The number of amides is 1. The monoisotopic (exact) mass is 327 g/mol. The Bertz CT molecular complexity index is 747. The molecule has 2 aromatic heterocycles. The normalized spacial score (nSPS) is 14.3. The fourth-order valence-electron chi connectivity index (χ4n) is 2.66. The highest BCUT2D eigenvalue weighted by molar-refractivity contribution is 6.32. The number of nitrogens with one attached hydrogen (secondary N) is 1. The molecule has 1 aliphatic heterocycles. The van der Waals surface area contributed by atoms with Crippen LogP contribution in [0.3, 0.4) is 0 Å². The number of aliphatic hydroxyl groups excluding tert-OH is 1. The Hall–Kier alpha value is -1.86. The number of carbonyl (C=O) groups excluding carboxylic acids is 1. The predicted molar refractivity (Wildman–Crippen MR) is 78.4 cm³/mol. The third kappa shape index (κ3) is 2.30. The van der Waals surface area contributed by atoms with Crippen LogP contribution in [0, 0.1) is 5.82 Å². The third-order valence-electron chi connectivity index (χ3n) is 3.73. The largest absolute Gasteiger partial charge is 0.477 e. The molecule has 0 saturated carbocycles. The van der Waals surface area contributed by atoms with Crippen molar-refractivity contribution in [3.63, 3.8) is 0 Å². The van der Waals surface area contributed by atoms with Crippen molar-refractivity contribution in [1.29, 1.82) is 0 Å². The molecule has 0 radical (unpaired) electrons. The zero-order chi connectivity index (χ0) is 15.9. The lowest BCUT2D eigenvalue weighted by atomic mass is 10.1. The van der Waals surface area contributed by atoms with Gasteiger partial charge in [0.2, 0.25) is 11.8 Å². The number of aromatic amines is 1. The molecule has 118 valence electrons. The number of hydrogen-bond acceptors (Lipinski definition) is 4. The van der Waals surface area contributed by atoms with Crippen LogP contribution in [0.4, 0.5) is 4.39 Å². The molecular weight excluding hydrogens is 313 g/mol. The predicted octanol–water partition coefficient (Wildman–Crippen LogP) is 1.63. The maximum atomic E-state index is 14.4. The van der Waals surface area contributed by atoms with E-state index in [1.807, 2.05) is 0 Å². The van der Waals surface area contributed by atoms with Gasteiger partial charge in [0, 0.05) is 30.8 Å². The van der Waals surface area contributed by atoms with Gasteiger partial charge in [-0.25, -0.2) is 9.37 Å². The second kappa shape index (κ2) is 5.73. The minimum Gasteiger partial charge on any atom is -0.477 e. The van der Waals surface area contributed by atoms with Gasteiger partial charge in [0.05, 0.1) is 6.61 Å². The summed E-state index contributed by atoms with van der Waals surface area (Å²) in [5.74, 6) is -0.925. The molecule has 0 aliphatic carbocycles. The Balaban J connectivity index is 2.11. The van der Waals surface area contributed by atoms with Crippen molar-refractivity contribution in [2.45, 2.75) is 19.9 Å². The molecule has 22 heavy (non-hydrogen) atoms. The summed E-state index contributed by atoms with van der Waals surface area (Å²) < 4.78 is 19.7. The lowest BCUT2D eigenvalue weighted by molar-refractivity contribution is -0.135. The maximum absolute atomic E-state index is 14.4. The Morgan fingerprint density at radius 1 is 1.59 bits per heavy atom. The number of nitrogens with zero attached hydrogens (tertiary/aromatic N) is 2. The van der Waals surface area contributed by atoms with Crippen LogP contribution < -0.4 is 4.74 Å². The van der Waals surface area contributed by atoms with E-state index < -0.39 is 12.4 Å². The molecule has 6 nitrogen and oxygen atoms in total. The van der Waals surface area contributed by atoms with Gasteiger partial charge < -0.3 is 19.7 Å². The number of H-pyrrole nitrogens is 1. The van der Waals surface area contributed by atoms with Crippen molar-refractivity contribution in [1.82, 2.24) is 14.9 Å². The van der Waals surface area contributed by atoms with Crippen LogP contribution >= 0.6 is 11.6 Å². The van der Waals surface area contributed by atoms with Gasteiger partial charge in [-0.15, -0.1) is 0 Å². The van der Waals surface area contributed by atoms with Crippen molar-refractivity contribution < 1.29 is 19.0 Å². The summed E-state index contributed by atoms with van der Waals surface area (Å²) in [4.78, 5) is 20.5. The Kier molecular flexibility index (Phi) is 3.92. The average molecular weight is 328 g/mol. The first-order valence-corrected chi connectivity index (χ1v) is 7.34. The highest BCUT2D eigenvalue weighted by atomic mass is 35.5. The van der Waals surface area contributed by atoms with Gasteiger partial charge >= 0.3 is 0 Å². The molecule has 0 atom stereocenters. The minimum absolute atomic E-state index is 0.0431. The maximum Gasteiger partial charge on any atom is 0.248 e. The molecule has 0 unspecified atom stereocenters. The molecule has 0 saturated heterocycles. The molecule has 2 N–H and O–H groups in total. The molecule has 0 fully saturated rings. The first-order valence-electron chi connectivity index (χ1n) is 6.96. The average Bonchev–Trinajstić information content (AvgIpc) is 2.89. The summed E-state index contributed by atoms with van der Waals surface area (Å²) in [6.45, 7) is 2.27. The van der Waals surface area contributed by atoms with Crippen molar-refractivity contribution in [2.24, 2.45) is 0 Å². The smallest absolute Gasteiger partial charge is 0.248 e. The molecular formula is C14H15ClFN3O3. The number of halogens is 2. The van der Waals surface area contributed by atoms with Gasteiger partial charge in [-0.05, 0) is 6.92 Å². The van der Waals surface area contributed by atoms with E-state index >= 15 is 0 Å². The van der Waals surface area contributed by atoms with Gasteiger partial charge in [-0.3, -0.25) is 4.79 Å².